The fourth-order valence-corrected chi connectivity index (χ4v) is 20.5. The van der Waals surface area contributed by atoms with Crippen LogP contribution in [0.15, 0.2) is 0 Å². The van der Waals surface area contributed by atoms with Gasteiger partial charge in [0.1, 0.15) is 5.78 Å². The molecule has 0 spiro atoms. The standard InChI is InChI=1S/C26H40O5.C21H30O3.C5H9BrO2.Li.H/c1-23-6-3-14(27)13-26(23,29)18-11-15(18)21-17(23)4-7-24(2)22(21)16-12-19(16)25(24,28)8-5-20-30-9-10-31-20;1-19-5-4-14-16(17(19)11-7-12(11)18(19)23)13-8-15(13)21(24)9-10(22)3-6-20(14,21)2;6-2-1-5-7-3-4-8-5;;/h14-22,27-29H,3-13H2,1-2H3;10-17,22,24H,3-9H2,1-2H3;5H,1-4H2;;/q;;;+1;-1/t14-,15-,16+,17?,18+,19-,21?,22?,23+,24-,25-,26+;10-,11+,12-,13-,14?,15+,16?,17?,19-,20+,21+;;;/m00.../s1. The third kappa shape index (κ3) is 6.35. The molecule has 356 valence electrons. The fourth-order valence-electron chi connectivity index (χ4n) is 20.2. The quantitative estimate of drug-likeness (QED) is 0.201. The fraction of sp³-hybridized carbons (Fsp3) is 0.981. The molecule has 12 heteroatoms. The van der Waals surface area contributed by atoms with E-state index in [1.807, 2.05) is 0 Å². The Morgan fingerprint density at radius 1 is 0.594 bits per heavy atom. The van der Waals surface area contributed by atoms with Crippen LogP contribution in [0.1, 0.15) is 138 Å². The molecule has 5 N–H and O–H groups in total. The van der Waals surface area contributed by atoms with Gasteiger partial charge in [-0.3, -0.25) is 4.79 Å². The van der Waals surface area contributed by atoms with Crippen LogP contribution in [0.4, 0.5) is 0 Å². The maximum atomic E-state index is 12.9. The van der Waals surface area contributed by atoms with E-state index >= 15 is 0 Å². The molecule has 0 aromatic rings. The molecule has 2 saturated heterocycles. The normalized spacial score (nSPS) is 59.8. The molecule has 0 bridgehead atoms. The van der Waals surface area contributed by atoms with Crippen molar-refractivity contribution in [3.63, 3.8) is 0 Å². The predicted molar refractivity (Wildman–Crippen MR) is 238 cm³/mol. The number of aliphatic hydroxyl groups excluding tert-OH is 2. The maximum Gasteiger partial charge on any atom is 1.00 e. The Hall–Kier alpha value is 0.387. The molecule has 0 amide bonds. The molecule has 12 aliphatic carbocycles. The van der Waals surface area contributed by atoms with Crippen LogP contribution >= 0.6 is 15.9 Å². The molecule has 14 rings (SSSR count). The van der Waals surface area contributed by atoms with E-state index in [-0.39, 0.29) is 66.7 Å². The third-order valence-corrected chi connectivity index (χ3v) is 23.8. The van der Waals surface area contributed by atoms with Gasteiger partial charge < -0.3 is 45.9 Å². The van der Waals surface area contributed by atoms with Gasteiger partial charge in [0, 0.05) is 42.3 Å². The summed E-state index contributed by atoms with van der Waals surface area (Å²) in [4.78, 5) is 12.9. The van der Waals surface area contributed by atoms with Crippen molar-refractivity contribution in [1.29, 1.82) is 0 Å². The van der Waals surface area contributed by atoms with Crippen LogP contribution in [0.3, 0.4) is 0 Å². The van der Waals surface area contributed by atoms with E-state index in [4.69, 9.17) is 18.9 Å². The molecule has 6 unspecified atom stereocenters. The number of hydrogen-bond donors (Lipinski definition) is 5. The molecule has 0 aromatic heterocycles. The number of Topliss-reactive ketones (excluding diaryl/α,β-unsaturated/α-hetero) is 1. The number of ketones is 1. The van der Waals surface area contributed by atoms with Crippen molar-refractivity contribution in [3.8, 4) is 0 Å². The SMILES string of the molecule is BrCCC1OCCO1.C[C@]12CCC3C(C1[C@@H]1C[C@@H]1C2=O)[C@H]1C[C@H]1[C@]1(O)C[C@@H](O)CC[C@]31C.C[C@]12CCC3C(C1[C@@H]1C[C@@H]1[C@@]2(O)CCC1OCCO1)[C@H]1C[C@H]1[C@]1(O)C[C@@H](O)CC[C@]31C.[H-].[Li+]. The van der Waals surface area contributed by atoms with Crippen LogP contribution < -0.4 is 18.9 Å². The minimum atomic E-state index is -0.681. The van der Waals surface area contributed by atoms with Gasteiger partial charge in [0.15, 0.2) is 12.6 Å². The van der Waals surface area contributed by atoms with Crippen molar-refractivity contribution >= 4 is 21.7 Å². The van der Waals surface area contributed by atoms with Gasteiger partial charge in [0.2, 0.25) is 0 Å². The third-order valence-electron chi connectivity index (χ3n) is 23.4. The Kier molecular flexibility index (Phi) is 11.5. The number of carbonyl (C=O) groups excluding carboxylic acids is 1. The topological polar surface area (TPSA) is 155 Å². The Morgan fingerprint density at radius 3 is 1.62 bits per heavy atom. The smallest absolute Gasteiger partial charge is 1.00 e. The monoisotopic (exact) mass is 951 g/mol. The average Bonchev–Trinajstić information content (AvgIpc) is 4.15. The summed E-state index contributed by atoms with van der Waals surface area (Å²) in [6.07, 6.45) is 15.5. The van der Waals surface area contributed by atoms with E-state index in [2.05, 4.69) is 43.6 Å². The molecule has 14 fully saturated rings. The van der Waals surface area contributed by atoms with E-state index in [1.54, 1.807) is 0 Å². The summed E-state index contributed by atoms with van der Waals surface area (Å²) in [7, 11) is 0. The second-order valence-electron chi connectivity index (χ2n) is 25.5. The number of fused-ring (bicyclic) bond motifs is 20. The summed E-state index contributed by atoms with van der Waals surface area (Å²) in [6, 6.07) is 0. The first-order valence-electron chi connectivity index (χ1n) is 26.1. The molecule has 0 aromatic carbocycles. The van der Waals surface area contributed by atoms with E-state index in [0.717, 1.165) is 108 Å². The molecule has 14 aliphatic rings. The number of halogens is 1. The summed E-state index contributed by atoms with van der Waals surface area (Å²) in [5, 5.41) is 57.4. The molecule has 12 saturated carbocycles. The van der Waals surface area contributed by atoms with E-state index in [9.17, 15) is 30.3 Å². The number of alkyl halides is 1. The van der Waals surface area contributed by atoms with E-state index in [0.29, 0.717) is 115 Å². The Balaban J connectivity index is 0.000000130. The molecule has 2 heterocycles. The summed E-state index contributed by atoms with van der Waals surface area (Å²) in [5.74, 6) is 8.31. The summed E-state index contributed by atoms with van der Waals surface area (Å²) in [5.41, 5.74) is -2.13. The van der Waals surface area contributed by atoms with Crippen LogP contribution in [-0.2, 0) is 23.7 Å². The second kappa shape index (κ2) is 15.7. The van der Waals surface area contributed by atoms with Gasteiger partial charge in [0.25, 0.3) is 0 Å². The van der Waals surface area contributed by atoms with Gasteiger partial charge in [-0.15, -0.1) is 0 Å². The van der Waals surface area contributed by atoms with Crippen LogP contribution in [0, 0.1) is 105 Å². The Bertz CT molecular complexity index is 1840. The van der Waals surface area contributed by atoms with Gasteiger partial charge in [-0.25, -0.2) is 0 Å². The second-order valence-corrected chi connectivity index (χ2v) is 26.3. The summed E-state index contributed by atoms with van der Waals surface area (Å²) in [6.45, 7) is 12.2. The largest absolute Gasteiger partial charge is 1.00 e. The molecule has 2 aliphatic heterocycles. The molecule has 23 atom stereocenters. The molecule has 64 heavy (non-hydrogen) atoms. The van der Waals surface area contributed by atoms with Crippen LogP contribution in [0.5, 0.6) is 0 Å². The van der Waals surface area contributed by atoms with E-state index < -0.39 is 16.8 Å². The number of hydrogen-bond acceptors (Lipinski definition) is 10. The molecular formula is C52H80BrLiO10. The first-order chi connectivity index (χ1) is 30.0. The van der Waals surface area contributed by atoms with Crippen molar-refractivity contribution < 1.29 is 69.6 Å². The summed E-state index contributed by atoms with van der Waals surface area (Å²) >= 11 is 3.30. The van der Waals surface area contributed by atoms with Crippen LogP contribution in [0.25, 0.3) is 0 Å². The molecule has 0 radical (unpaired) electrons. The number of carbonyl (C=O) groups is 1. The zero-order valence-electron chi connectivity index (χ0n) is 40.6. The Labute approximate surface area is 404 Å². The first-order valence-corrected chi connectivity index (χ1v) is 27.2. The van der Waals surface area contributed by atoms with Gasteiger partial charge >= 0.3 is 18.9 Å². The van der Waals surface area contributed by atoms with Gasteiger partial charge in [-0.05, 0) is 177 Å². The first kappa shape index (κ1) is 46.8. The Morgan fingerprint density at radius 2 is 1.08 bits per heavy atom. The predicted octanol–water partition coefficient (Wildman–Crippen LogP) is 4.15. The number of ether oxygens (including phenoxy) is 4. The van der Waals surface area contributed by atoms with Crippen molar-refractivity contribution in [2.45, 2.75) is 178 Å². The van der Waals surface area contributed by atoms with Crippen molar-refractivity contribution in [2.24, 2.45) is 105 Å². The van der Waals surface area contributed by atoms with Crippen LogP contribution in [-0.4, -0.2) is 105 Å². The maximum absolute atomic E-state index is 12.9. The number of aliphatic hydroxyl groups is 5. The molecule has 10 nitrogen and oxygen atoms in total. The minimum Gasteiger partial charge on any atom is -1.00 e. The van der Waals surface area contributed by atoms with Crippen molar-refractivity contribution in [3.05, 3.63) is 0 Å². The van der Waals surface area contributed by atoms with Crippen LogP contribution in [0.2, 0.25) is 0 Å². The summed E-state index contributed by atoms with van der Waals surface area (Å²) < 4.78 is 21.7. The van der Waals surface area contributed by atoms with Gasteiger partial charge in [-0.2, -0.15) is 0 Å². The van der Waals surface area contributed by atoms with Gasteiger partial charge in [0.05, 0.1) is 55.4 Å². The zero-order valence-corrected chi connectivity index (χ0v) is 41.2. The minimum absolute atomic E-state index is 0. The molecular weight excluding hydrogens is 871 g/mol. The van der Waals surface area contributed by atoms with E-state index in [1.165, 1.54) is 6.42 Å². The van der Waals surface area contributed by atoms with Crippen molar-refractivity contribution in [1.82, 2.24) is 0 Å². The van der Waals surface area contributed by atoms with Gasteiger partial charge in [-0.1, -0.05) is 43.6 Å². The average molecular weight is 952 g/mol. The zero-order chi connectivity index (χ0) is 43.9. The number of rotatable bonds is 5. The van der Waals surface area contributed by atoms with Crippen molar-refractivity contribution in [2.75, 3.05) is 31.8 Å².